The van der Waals surface area contributed by atoms with Crippen LogP contribution < -0.4 is 18.6 Å². The Balaban J connectivity index is 0.00000113. The molecule has 7 heteroatoms. The number of halogens is 1. The van der Waals surface area contributed by atoms with E-state index in [1.165, 1.54) is 5.56 Å². The summed E-state index contributed by atoms with van der Waals surface area (Å²) < 4.78 is 46.8. The van der Waals surface area contributed by atoms with Gasteiger partial charge in [-0.25, -0.2) is 23.1 Å². The van der Waals surface area contributed by atoms with Gasteiger partial charge in [-0.1, -0.05) is 71.9 Å². The molecule has 230 valence electrons. The molecule has 0 fully saturated rings. The van der Waals surface area contributed by atoms with Gasteiger partial charge in [0.15, 0.2) is 0 Å². The first-order valence-electron chi connectivity index (χ1n) is 14.1. The number of rotatable bonds is 3. The number of ether oxygens (including phenoxy) is 1. The summed E-state index contributed by atoms with van der Waals surface area (Å²) in [5.41, 5.74) is 4.24. The van der Waals surface area contributed by atoms with Crippen molar-refractivity contribution in [1.82, 2.24) is 0 Å². The van der Waals surface area contributed by atoms with Crippen LogP contribution in [0.1, 0.15) is 106 Å². The molecule has 0 spiro atoms. The highest BCUT2D eigenvalue weighted by Gasteiger charge is 2.34. The van der Waals surface area contributed by atoms with Gasteiger partial charge >= 0.3 is 11.5 Å². The summed E-state index contributed by atoms with van der Waals surface area (Å²) in [4.78, 5) is 0. The molecule has 2 heterocycles. The minimum Gasteiger partial charge on any atom is -0.465 e. The Bertz CT molecular complexity index is 1280. The van der Waals surface area contributed by atoms with E-state index in [0.29, 0.717) is 0 Å². The molecule has 6 nitrogen and oxygen atoms in total. The van der Waals surface area contributed by atoms with E-state index in [9.17, 15) is 0 Å². The van der Waals surface area contributed by atoms with Crippen LogP contribution in [0.2, 0.25) is 0 Å². The van der Waals surface area contributed by atoms with Gasteiger partial charge in [0.25, 0.3) is 0 Å². The molecule has 0 aliphatic carbocycles. The lowest BCUT2D eigenvalue weighted by molar-refractivity contribution is -2.00. The number of hydrogen-bond donors (Lipinski definition) is 0. The van der Waals surface area contributed by atoms with E-state index in [0.717, 1.165) is 39.7 Å². The van der Waals surface area contributed by atoms with E-state index in [1.807, 2.05) is 0 Å². The van der Waals surface area contributed by atoms with Crippen LogP contribution >= 0.6 is 0 Å². The van der Waals surface area contributed by atoms with Crippen molar-refractivity contribution in [2.75, 3.05) is 0 Å². The predicted octanol–water partition coefficient (Wildman–Crippen LogP) is 5.76. The van der Waals surface area contributed by atoms with Gasteiger partial charge in [-0.2, -0.15) is 0 Å². The van der Waals surface area contributed by atoms with Crippen molar-refractivity contribution in [3.05, 3.63) is 100 Å². The van der Waals surface area contributed by atoms with Gasteiger partial charge in [0.2, 0.25) is 0 Å². The minimum atomic E-state index is -4.94. The molecule has 3 rings (SSSR count). The molecule has 1 aromatic heterocycles. The molecular weight excluding hydrogens is 552 g/mol. The second-order valence-corrected chi connectivity index (χ2v) is 15.5. The topological polar surface area (TPSA) is 113 Å². The lowest BCUT2D eigenvalue weighted by Gasteiger charge is -2.32. The molecule has 0 saturated heterocycles. The molecule has 0 N–H and O–H groups in total. The van der Waals surface area contributed by atoms with Crippen LogP contribution in [-0.4, -0.2) is 0 Å². The summed E-state index contributed by atoms with van der Waals surface area (Å²) in [6.45, 7) is 26.4. The fourth-order valence-electron chi connectivity index (χ4n) is 3.89. The Morgan fingerprint density at radius 1 is 0.667 bits per heavy atom. The van der Waals surface area contributed by atoms with E-state index >= 15 is 0 Å². The maximum absolute atomic E-state index is 8.49. The van der Waals surface area contributed by atoms with Crippen molar-refractivity contribution in [3.63, 3.8) is 0 Å². The third kappa shape index (κ3) is 11.5. The standard InChI is InChI=1S/C35H47O2.ClHO4/c1-32(2,3)28-20-24(21-29(36-28)33(4,5)6)18-27(26-16-14-13-15-17-26)19-25-22-30(34(7,8)9)37-31(23-25)35(10,11)12;2-1(3,4)5/h13-23H,1-12H3;(H,2,3,4,5)/q+1;/p-1. The largest absolute Gasteiger partial charge is 0.465 e. The molecule has 42 heavy (non-hydrogen) atoms. The second kappa shape index (κ2) is 12.9. The highest BCUT2D eigenvalue weighted by atomic mass is 35.7. The molecule has 1 aromatic carbocycles. The third-order valence-electron chi connectivity index (χ3n) is 6.34. The second-order valence-electron chi connectivity index (χ2n) is 14.7. The maximum Gasteiger partial charge on any atom is 0.335 e. The highest BCUT2D eigenvalue weighted by molar-refractivity contribution is 5.88. The van der Waals surface area contributed by atoms with E-state index in [1.54, 1.807) is 0 Å². The molecule has 1 aliphatic rings. The Hall–Kier alpha value is -2.74. The lowest BCUT2D eigenvalue weighted by atomic mass is 9.86. The Morgan fingerprint density at radius 3 is 1.43 bits per heavy atom. The summed E-state index contributed by atoms with van der Waals surface area (Å²) >= 11 is 0. The van der Waals surface area contributed by atoms with Gasteiger partial charge in [-0.3, -0.25) is 0 Å². The summed E-state index contributed by atoms with van der Waals surface area (Å²) in [5.74, 6) is 3.95. The van der Waals surface area contributed by atoms with Crippen molar-refractivity contribution >= 4 is 11.6 Å². The first kappa shape index (κ1) is 35.5. The van der Waals surface area contributed by atoms with E-state index in [4.69, 9.17) is 27.8 Å². The van der Waals surface area contributed by atoms with Gasteiger partial charge in [0.1, 0.15) is 11.5 Å². The Labute approximate surface area is 254 Å². The van der Waals surface area contributed by atoms with Crippen molar-refractivity contribution in [2.45, 2.75) is 93.9 Å². The Kier molecular flexibility index (Phi) is 10.9. The zero-order valence-corrected chi connectivity index (χ0v) is 27.9. The minimum absolute atomic E-state index is 0.0926. The van der Waals surface area contributed by atoms with Crippen LogP contribution in [0.3, 0.4) is 0 Å². The summed E-state index contributed by atoms with van der Waals surface area (Å²) in [6, 6.07) is 15.0. The zero-order chi connectivity index (χ0) is 32.3. The Morgan fingerprint density at radius 2 is 1.07 bits per heavy atom. The fraction of sp³-hybridized carbons (Fsp3) is 0.457. The fourth-order valence-corrected chi connectivity index (χ4v) is 3.89. The van der Waals surface area contributed by atoms with Crippen LogP contribution in [0.15, 0.2) is 82.2 Å². The van der Waals surface area contributed by atoms with Gasteiger partial charge in [0, 0.05) is 23.0 Å². The molecule has 0 bridgehead atoms. The van der Waals surface area contributed by atoms with Crippen LogP contribution in [0.4, 0.5) is 0 Å². The predicted molar refractivity (Wildman–Crippen MR) is 159 cm³/mol. The van der Waals surface area contributed by atoms with Gasteiger partial charge in [-0.15, -0.1) is 10.2 Å². The van der Waals surface area contributed by atoms with Crippen molar-refractivity contribution in [1.29, 1.82) is 0 Å². The molecule has 0 unspecified atom stereocenters. The van der Waals surface area contributed by atoms with Crippen LogP contribution in [-0.2, 0) is 15.6 Å². The van der Waals surface area contributed by atoms with Gasteiger partial charge in [-0.05, 0) is 88.1 Å². The quantitative estimate of drug-likeness (QED) is 0.415. The van der Waals surface area contributed by atoms with Crippen LogP contribution in [0, 0.1) is 21.1 Å². The van der Waals surface area contributed by atoms with Crippen molar-refractivity contribution < 1.29 is 38.0 Å². The van der Waals surface area contributed by atoms with Gasteiger partial charge < -0.3 is 4.74 Å². The normalized spacial score (nSPS) is 15.2. The molecule has 0 radical (unpaired) electrons. The number of benzene rings is 1. The summed E-state index contributed by atoms with van der Waals surface area (Å²) in [5, 5.41) is 0. The van der Waals surface area contributed by atoms with Crippen molar-refractivity contribution in [2.24, 2.45) is 10.8 Å². The lowest BCUT2D eigenvalue weighted by Crippen LogP contribution is -2.68. The van der Waals surface area contributed by atoms with Crippen molar-refractivity contribution in [3.8, 4) is 0 Å². The van der Waals surface area contributed by atoms with Gasteiger partial charge in [0.05, 0.1) is 10.8 Å². The molecule has 0 saturated carbocycles. The van der Waals surface area contributed by atoms with E-state index < -0.39 is 10.2 Å². The molecule has 2 aromatic rings. The first-order valence-corrected chi connectivity index (χ1v) is 15.3. The zero-order valence-electron chi connectivity index (χ0n) is 27.2. The molecule has 1 aliphatic heterocycles. The first-order chi connectivity index (χ1) is 18.8. The average Bonchev–Trinajstić information content (AvgIpc) is 2.80. The maximum atomic E-state index is 8.49. The molecular formula is C35H47ClO6. The molecule has 0 amide bonds. The smallest absolute Gasteiger partial charge is 0.335 e. The highest BCUT2D eigenvalue weighted by Crippen LogP contribution is 2.40. The van der Waals surface area contributed by atoms with E-state index in [-0.39, 0.29) is 21.7 Å². The summed E-state index contributed by atoms with van der Waals surface area (Å²) in [6.07, 6.45) is 8.95. The van der Waals surface area contributed by atoms with Crippen LogP contribution in [0.5, 0.6) is 0 Å². The van der Waals surface area contributed by atoms with Crippen LogP contribution in [0.25, 0.3) is 11.6 Å². The SMILES string of the molecule is CC(C)(C)C1=CC(=C/C(=C/c2cc(C(C)(C)C)[o+]c(C(C)(C)C)c2)c2ccccc2)C=C(C(C)(C)C)O1.[O-][Cl+3]([O-])([O-])[O-]. The molecule has 0 atom stereocenters. The summed E-state index contributed by atoms with van der Waals surface area (Å²) in [7, 11) is -4.94. The van der Waals surface area contributed by atoms with E-state index in [2.05, 4.69) is 150 Å². The number of hydrogen-bond acceptors (Lipinski definition) is 5. The average molecular weight is 599 g/mol. The third-order valence-corrected chi connectivity index (χ3v) is 6.34. The monoisotopic (exact) mass is 598 g/mol. The number of allylic oxidation sites excluding steroid dienone is 7.